The molecule has 3 heteroatoms. The van der Waals surface area contributed by atoms with E-state index in [1.165, 1.54) is 19.4 Å². The lowest BCUT2D eigenvalue weighted by atomic mass is 10.0. The maximum absolute atomic E-state index is 12.5. The summed E-state index contributed by atoms with van der Waals surface area (Å²) in [5, 5.41) is 0. The molecule has 0 N–H and O–H groups in total. The highest BCUT2D eigenvalue weighted by molar-refractivity contribution is 6.09. The van der Waals surface area contributed by atoms with Gasteiger partial charge in [-0.05, 0) is 57.1 Å². The van der Waals surface area contributed by atoms with Gasteiger partial charge in [-0.2, -0.15) is 0 Å². The summed E-state index contributed by atoms with van der Waals surface area (Å²) in [6.07, 6.45) is 2.46. The quantitative estimate of drug-likeness (QED) is 0.750. The summed E-state index contributed by atoms with van der Waals surface area (Å²) in [5.41, 5.74) is 2.57. The number of benzene rings is 2. The van der Waals surface area contributed by atoms with Crippen molar-refractivity contribution in [2.24, 2.45) is 0 Å². The second-order valence-corrected chi connectivity index (χ2v) is 6.46. The molecule has 2 aromatic carbocycles. The van der Waals surface area contributed by atoms with Crippen LogP contribution in [0.5, 0.6) is 5.75 Å². The Kier molecular flexibility index (Phi) is 5.31. The topological polar surface area (TPSA) is 29.5 Å². The van der Waals surface area contributed by atoms with Crippen LogP contribution in [0.4, 0.5) is 0 Å². The molecule has 0 spiro atoms. The highest BCUT2D eigenvalue weighted by Crippen LogP contribution is 2.20. The summed E-state index contributed by atoms with van der Waals surface area (Å²) in [7, 11) is 0. The largest absolute Gasteiger partial charge is 0.492 e. The first kappa shape index (κ1) is 16.7. The summed E-state index contributed by atoms with van der Waals surface area (Å²) >= 11 is 0. The van der Waals surface area contributed by atoms with Crippen molar-refractivity contribution in [3.05, 3.63) is 65.2 Å². The first-order chi connectivity index (χ1) is 11.7. The lowest BCUT2D eigenvalue weighted by Crippen LogP contribution is -2.33. The number of ether oxygens (including phenoxy) is 1. The standard InChI is InChI=1S/C21H25NO2/c1-3-22-14-4-5-19(22)15-24-20-12-10-18(11-13-20)21(23)17-8-6-16(2)7-9-17/h6-13,19H,3-5,14-15H2,1-2H3. The van der Waals surface area contributed by atoms with Crippen LogP contribution < -0.4 is 4.74 Å². The van der Waals surface area contributed by atoms with Crippen molar-refractivity contribution in [2.75, 3.05) is 19.7 Å². The van der Waals surface area contributed by atoms with Gasteiger partial charge in [0.1, 0.15) is 12.4 Å². The van der Waals surface area contributed by atoms with Gasteiger partial charge in [-0.25, -0.2) is 0 Å². The number of hydrogen-bond donors (Lipinski definition) is 0. The lowest BCUT2D eigenvalue weighted by Gasteiger charge is -2.22. The molecule has 24 heavy (non-hydrogen) atoms. The zero-order chi connectivity index (χ0) is 16.9. The number of ketones is 1. The van der Waals surface area contributed by atoms with Crippen molar-refractivity contribution in [3.8, 4) is 5.75 Å². The summed E-state index contributed by atoms with van der Waals surface area (Å²) in [5.74, 6) is 0.882. The van der Waals surface area contributed by atoms with Crippen molar-refractivity contribution in [1.82, 2.24) is 4.90 Å². The molecule has 1 aliphatic rings. The van der Waals surface area contributed by atoms with Crippen molar-refractivity contribution < 1.29 is 9.53 Å². The molecule has 1 heterocycles. The van der Waals surface area contributed by atoms with Gasteiger partial charge in [-0.3, -0.25) is 9.69 Å². The normalized spacial score (nSPS) is 17.8. The Balaban J connectivity index is 1.60. The monoisotopic (exact) mass is 323 g/mol. The van der Waals surface area contributed by atoms with Crippen LogP contribution in [0.25, 0.3) is 0 Å². The van der Waals surface area contributed by atoms with Gasteiger partial charge in [0.15, 0.2) is 5.78 Å². The van der Waals surface area contributed by atoms with E-state index in [-0.39, 0.29) is 5.78 Å². The van der Waals surface area contributed by atoms with E-state index >= 15 is 0 Å². The Hall–Kier alpha value is -2.13. The predicted molar refractivity (Wildman–Crippen MR) is 96.8 cm³/mol. The minimum Gasteiger partial charge on any atom is -0.492 e. The van der Waals surface area contributed by atoms with Gasteiger partial charge in [0.2, 0.25) is 0 Å². The van der Waals surface area contributed by atoms with E-state index in [1.54, 1.807) is 0 Å². The van der Waals surface area contributed by atoms with Crippen LogP contribution in [0.2, 0.25) is 0 Å². The van der Waals surface area contributed by atoms with E-state index in [1.807, 2.05) is 55.5 Å². The van der Waals surface area contributed by atoms with E-state index < -0.39 is 0 Å². The SMILES string of the molecule is CCN1CCCC1COc1ccc(C(=O)c2ccc(C)cc2)cc1. The van der Waals surface area contributed by atoms with Crippen LogP contribution in [-0.2, 0) is 0 Å². The summed E-state index contributed by atoms with van der Waals surface area (Å²) in [6, 6.07) is 15.7. The number of likely N-dealkylation sites (tertiary alicyclic amines) is 1. The fourth-order valence-electron chi connectivity index (χ4n) is 3.27. The third kappa shape index (κ3) is 3.85. The molecule has 2 aromatic rings. The second kappa shape index (κ2) is 7.63. The van der Waals surface area contributed by atoms with Gasteiger partial charge in [0.25, 0.3) is 0 Å². The van der Waals surface area contributed by atoms with Gasteiger partial charge in [0.05, 0.1) is 0 Å². The van der Waals surface area contributed by atoms with Crippen molar-refractivity contribution >= 4 is 5.78 Å². The first-order valence-electron chi connectivity index (χ1n) is 8.75. The van der Waals surface area contributed by atoms with E-state index in [2.05, 4.69) is 11.8 Å². The summed E-state index contributed by atoms with van der Waals surface area (Å²) in [4.78, 5) is 14.9. The molecule has 0 amide bonds. The van der Waals surface area contributed by atoms with Crippen LogP contribution in [0.1, 0.15) is 41.3 Å². The molecule has 0 saturated carbocycles. The molecule has 126 valence electrons. The van der Waals surface area contributed by atoms with Gasteiger partial charge >= 0.3 is 0 Å². The van der Waals surface area contributed by atoms with Gasteiger partial charge in [-0.15, -0.1) is 0 Å². The molecule has 1 aliphatic heterocycles. The number of hydrogen-bond acceptors (Lipinski definition) is 3. The Morgan fingerprint density at radius 1 is 1.08 bits per heavy atom. The summed E-state index contributed by atoms with van der Waals surface area (Å²) < 4.78 is 5.93. The highest BCUT2D eigenvalue weighted by atomic mass is 16.5. The van der Waals surface area contributed by atoms with Gasteiger partial charge in [0, 0.05) is 17.2 Å². The maximum Gasteiger partial charge on any atom is 0.193 e. The predicted octanol–water partition coefficient (Wildman–Crippen LogP) is 4.09. The number of nitrogens with zero attached hydrogens (tertiary/aromatic N) is 1. The Morgan fingerprint density at radius 3 is 2.33 bits per heavy atom. The van der Waals surface area contributed by atoms with Gasteiger partial charge < -0.3 is 4.74 Å². The molecule has 3 nitrogen and oxygen atoms in total. The Labute approximate surface area is 144 Å². The lowest BCUT2D eigenvalue weighted by molar-refractivity contribution is 0.103. The third-order valence-electron chi connectivity index (χ3n) is 4.78. The van der Waals surface area contributed by atoms with Crippen molar-refractivity contribution in [1.29, 1.82) is 0 Å². The zero-order valence-electron chi connectivity index (χ0n) is 14.5. The van der Waals surface area contributed by atoms with Crippen LogP contribution in [0, 0.1) is 6.92 Å². The molecule has 1 unspecified atom stereocenters. The maximum atomic E-state index is 12.5. The summed E-state index contributed by atoms with van der Waals surface area (Å²) in [6.45, 7) is 7.19. The average Bonchev–Trinajstić information content (AvgIpc) is 3.08. The van der Waals surface area contributed by atoms with E-state index in [9.17, 15) is 4.79 Å². The van der Waals surface area contributed by atoms with Crippen molar-refractivity contribution in [2.45, 2.75) is 32.7 Å². The molecule has 0 bridgehead atoms. The van der Waals surface area contributed by atoms with Crippen LogP contribution >= 0.6 is 0 Å². The average molecular weight is 323 g/mol. The number of aryl methyl sites for hydroxylation is 1. The smallest absolute Gasteiger partial charge is 0.193 e. The zero-order valence-corrected chi connectivity index (χ0v) is 14.5. The van der Waals surface area contributed by atoms with Crippen LogP contribution in [0.15, 0.2) is 48.5 Å². The molecule has 1 fully saturated rings. The first-order valence-corrected chi connectivity index (χ1v) is 8.75. The van der Waals surface area contributed by atoms with E-state index in [4.69, 9.17) is 4.74 Å². The van der Waals surface area contributed by atoms with Crippen molar-refractivity contribution in [3.63, 3.8) is 0 Å². The molecule has 1 atom stereocenters. The minimum atomic E-state index is 0.0505. The Morgan fingerprint density at radius 2 is 1.71 bits per heavy atom. The van der Waals surface area contributed by atoms with E-state index in [0.717, 1.165) is 30.0 Å². The second-order valence-electron chi connectivity index (χ2n) is 6.46. The number of carbonyl (C=O) groups is 1. The van der Waals surface area contributed by atoms with Gasteiger partial charge in [-0.1, -0.05) is 36.8 Å². The van der Waals surface area contributed by atoms with Crippen LogP contribution in [-0.4, -0.2) is 36.4 Å². The number of likely N-dealkylation sites (N-methyl/N-ethyl adjacent to an activating group) is 1. The van der Waals surface area contributed by atoms with E-state index in [0.29, 0.717) is 11.6 Å². The fraction of sp³-hybridized carbons (Fsp3) is 0.381. The minimum absolute atomic E-state index is 0.0505. The molecule has 0 aromatic heterocycles. The van der Waals surface area contributed by atoms with Crippen LogP contribution in [0.3, 0.4) is 0 Å². The molecular weight excluding hydrogens is 298 g/mol. The molecular formula is C21H25NO2. The number of rotatable bonds is 6. The third-order valence-corrected chi connectivity index (χ3v) is 4.78. The Bertz CT molecular complexity index is 676. The molecule has 1 saturated heterocycles. The molecule has 3 rings (SSSR count). The number of carbonyl (C=O) groups excluding carboxylic acids is 1. The highest BCUT2D eigenvalue weighted by Gasteiger charge is 2.23. The molecule has 0 aliphatic carbocycles. The molecule has 0 radical (unpaired) electrons. The fourth-order valence-corrected chi connectivity index (χ4v) is 3.27.